The Morgan fingerprint density at radius 3 is 2.38 bits per heavy atom. The maximum atomic E-state index is 12.4. The van der Waals surface area contributed by atoms with Crippen molar-refractivity contribution in [2.75, 3.05) is 5.32 Å². The van der Waals surface area contributed by atoms with E-state index >= 15 is 0 Å². The lowest BCUT2D eigenvalue weighted by Gasteiger charge is -2.09. The van der Waals surface area contributed by atoms with Crippen molar-refractivity contribution in [3.63, 3.8) is 0 Å². The van der Waals surface area contributed by atoms with Gasteiger partial charge in [-0.15, -0.1) is 0 Å². The van der Waals surface area contributed by atoms with Crippen LogP contribution in [0, 0.1) is 20.8 Å². The molecule has 4 nitrogen and oxygen atoms in total. The van der Waals surface area contributed by atoms with E-state index in [-0.39, 0.29) is 5.91 Å². The van der Waals surface area contributed by atoms with E-state index in [1.807, 2.05) is 55.9 Å². The topological polar surface area (TPSA) is 46.9 Å². The van der Waals surface area contributed by atoms with E-state index < -0.39 is 0 Å². The van der Waals surface area contributed by atoms with Crippen LogP contribution in [0.1, 0.15) is 38.4 Å². The van der Waals surface area contributed by atoms with E-state index in [1.54, 1.807) is 12.1 Å². The van der Waals surface area contributed by atoms with Gasteiger partial charge in [0.15, 0.2) is 0 Å². The normalized spacial score (nSPS) is 10.8. The number of carbonyl (C=O) groups excluding carboxylic acids is 1. The molecule has 1 aromatic heterocycles. The highest BCUT2D eigenvalue weighted by atomic mass is 35.5. The molecular formula is C21H22ClN3O. The van der Waals surface area contributed by atoms with Crippen LogP contribution in [0.2, 0.25) is 5.02 Å². The third-order valence-electron chi connectivity index (χ3n) is 4.62. The number of amides is 1. The van der Waals surface area contributed by atoms with Crippen LogP contribution >= 0.6 is 11.6 Å². The van der Waals surface area contributed by atoms with E-state index in [1.165, 1.54) is 16.8 Å². The third kappa shape index (κ3) is 3.81. The van der Waals surface area contributed by atoms with Crippen LogP contribution in [0.3, 0.4) is 0 Å². The number of hydrogen-bond acceptors (Lipinski definition) is 2. The monoisotopic (exact) mass is 367 g/mol. The molecule has 0 radical (unpaired) electrons. The number of rotatable bonds is 4. The third-order valence-corrected chi connectivity index (χ3v) is 4.93. The molecule has 26 heavy (non-hydrogen) atoms. The molecule has 0 aliphatic rings. The molecule has 1 amide bonds. The minimum absolute atomic E-state index is 0.207. The molecule has 134 valence electrons. The fraction of sp³-hybridized carbons (Fsp3) is 0.238. The molecule has 0 saturated heterocycles. The van der Waals surface area contributed by atoms with Crippen LogP contribution < -0.4 is 5.32 Å². The van der Waals surface area contributed by atoms with E-state index in [0.29, 0.717) is 10.6 Å². The van der Waals surface area contributed by atoms with Gasteiger partial charge < -0.3 is 5.32 Å². The predicted octanol–water partition coefficient (Wildman–Crippen LogP) is 4.84. The van der Waals surface area contributed by atoms with Gasteiger partial charge in [-0.25, -0.2) is 0 Å². The molecule has 0 unspecified atom stereocenters. The first kappa shape index (κ1) is 18.2. The van der Waals surface area contributed by atoms with Crippen molar-refractivity contribution in [1.82, 2.24) is 9.78 Å². The standard InChI is InChI=1S/C21H22ClN3O/c1-13-5-10-18(20(22)11-13)21(26)23-17-8-6-16(7-9-17)12-19-14(2)24-25(4)15(19)3/h5-11H,12H2,1-4H3,(H,23,26). The Morgan fingerprint density at radius 1 is 1.12 bits per heavy atom. The van der Waals surface area contributed by atoms with Gasteiger partial charge in [0.25, 0.3) is 5.91 Å². The van der Waals surface area contributed by atoms with E-state index in [0.717, 1.165) is 23.4 Å². The number of nitrogens with one attached hydrogen (secondary N) is 1. The molecule has 3 rings (SSSR count). The van der Waals surface area contributed by atoms with Crippen molar-refractivity contribution in [3.8, 4) is 0 Å². The van der Waals surface area contributed by atoms with Gasteiger partial charge in [-0.05, 0) is 56.2 Å². The maximum Gasteiger partial charge on any atom is 0.257 e. The summed E-state index contributed by atoms with van der Waals surface area (Å²) in [5.41, 5.74) is 6.89. The molecule has 0 fully saturated rings. The molecule has 0 aliphatic heterocycles. The van der Waals surface area contributed by atoms with Gasteiger partial charge in [-0.2, -0.15) is 5.10 Å². The summed E-state index contributed by atoms with van der Waals surface area (Å²) in [4.78, 5) is 12.4. The maximum absolute atomic E-state index is 12.4. The molecular weight excluding hydrogens is 346 g/mol. The van der Waals surface area contributed by atoms with Gasteiger partial charge in [0.1, 0.15) is 0 Å². The van der Waals surface area contributed by atoms with Gasteiger partial charge in [0.2, 0.25) is 0 Å². The van der Waals surface area contributed by atoms with Gasteiger partial charge >= 0.3 is 0 Å². The molecule has 0 spiro atoms. The molecule has 1 heterocycles. The molecule has 5 heteroatoms. The van der Waals surface area contributed by atoms with Crippen LogP contribution in [-0.2, 0) is 13.5 Å². The first-order valence-corrected chi connectivity index (χ1v) is 8.88. The Balaban J connectivity index is 1.72. The van der Waals surface area contributed by atoms with E-state index in [2.05, 4.69) is 17.3 Å². The quantitative estimate of drug-likeness (QED) is 0.717. The summed E-state index contributed by atoms with van der Waals surface area (Å²) in [5, 5.41) is 7.82. The number of carbonyl (C=O) groups is 1. The number of hydrogen-bond donors (Lipinski definition) is 1. The second-order valence-electron chi connectivity index (χ2n) is 6.58. The number of aryl methyl sites for hydroxylation is 3. The number of aromatic nitrogens is 2. The number of anilines is 1. The second-order valence-corrected chi connectivity index (χ2v) is 6.99. The fourth-order valence-corrected chi connectivity index (χ4v) is 3.31. The molecule has 2 aromatic carbocycles. The summed E-state index contributed by atoms with van der Waals surface area (Å²) in [7, 11) is 1.96. The Hall–Kier alpha value is -2.59. The average molecular weight is 368 g/mol. The minimum Gasteiger partial charge on any atom is -0.322 e. The van der Waals surface area contributed by atoms with Crippen LogP contribution in [0.25, 0.3) is 0 Å². The number of halogens is 1. The fourth-order valence-electron chi connectivity index (χ4n) is 2.99. The Kier molecular flexibility index (Phi) is 5.14. The summed E-state index contributed by atoms with van der Waals surface area (Å²) in [6.45, 7) is 6.05. The SMILES string of the molecule is Cc1ccc(C(=O)Nc2ccc(Cc3c(C)nn(C)c3C)cc2)c(Cl)c1. The lowest BCUT2D eigenvalue weighted by atomic mass is 10.0. The number of benzene rings is 2. The largest absolute Gasteiger partial charge is 0.322 e. The summed E-state index contributed by atoms with van der Waals surface area (Å²) in [6, 6.07) is 13.3. The van der Waals surface area contributed by atoms with Crippen molar-refractivity contribution in [1.29, 1.82) is 0 Å². The van der Waals surface area contributed by atoms with Crippen LogP contribution in [0.5, 0.6) is 0 Å². The van der Waals surface area contributed by atoms with E-state index in [9.17, 15) is 4.79 Å². The summed E-state index contributed by atoms with van der Waals surface area (Å²) in [6.07, 6.45) is 0.823. The zero-order valence-corrected chi connectivity index (χ0v) is 16.2. The van der Waals surface area contributed by atoms with Crippen molar-refractivity contribution in [2.45, 2.75) is 27.2 Å². The minimum atomic E-state index is -0.207. The zero-order valence-electron chi connectivity index (χ0n) is 15.4. The van der Waals surface area contributed by atoms with Crippen LogP contribution in [0.4, 0.5) is 5.69 Å². The highest BCUT2D eigenvalue weighted by Gasteiger charge is 2.12. The Labute approximate surface area is 158 Å². The van der Waals surface area contributed by atoms with Crippen LogP contribution in [0.15, 0.2) is 42.5 Å². The first-order chi connectivity index (χ1) is 12.3. The van der Waals surface area contributed by atoms with E-state index in [4.69, 9.17) is 11.6 Å². The highest BCUT2D eigenvalue weighted by Crippen LogP contribution is 2.21. The van der Waals surface area contributed by atoms with Crippen molar-refractivity contribution in [3.05, 3.63) is 81.1 Å². The first-order valence-electron chi connectivity index (χ1n) is 8.50. The average Bonchev–Trinajstić information content (AvgIpc) is 2.82. The van der Waals surface area contributed by atoms with Gasteiger partial charge in [0, 0.05) is 30.4 Å². The van der Waals surface area contributed by atoms with Gasteiger partial charge in [-0.3, -0.25) is 9.48 Å². The second kappa shape index (κ2) is 7.34. The van der Waals surface area contributed by atoms with Gasteiger partial charge in [-0.1, -0.05) is 29.8 Å². The molecule has 0 bridgehead atoms. The van der Waals surface area contributed by atoms with Crippen molar-refractivity contribution >= 4 is 23.2 Å². The molecule has 1 N–H and O–H groups in total. The summed E-state index contributed by atoms with van der Waals surface area (Å²) in [5.74, 6) is -0.207. The summed E-state index contributed by atoms with van der Waals surface area (Å²) < 4.78 is 1.91. The van der Waals surface area contributed by atoms with Crippen LogP contribution in [-0.4, -0.2) is 15.7 Å². The summed E-state index contributed by atoms with van der Waals surface area (Å²) >= 11 is 6.17. The Morgan fingerprint density at radius 2 is 1.81 bits per heavy atom. The number of nitrogens with zero attached hydrogens (tertiary/aromatic N) is 2. The lowest BCUT2D eigenvalue weighted by molar-refractivity contribution is 0.102. The van der Waals surface area contributed by atoms with Crippen molar-refractivity contribution in [2.24, 2.45) is 7.05 Å². The van der Waals surface area contributed by atoms with Gasteiger partial charge in [0.05, 0.1) is 16.3 Å². The van der Waals surface area contributed by atoms with Crippen molar-refractivity contribution < 1.29 is 4.79 Å². The zero-order chi connectivity index (χ0) is 18.8. The highest BCUT2D eigenvalue weighted by molar-refractivity contribution is 6.34. The smallest absolute Gasteiger partial charge is 0.257 e. The Bertz CT molecular complexity index is 958. The molecule has 0 saturated carbocycles. The molecule has 0 atom stereocenters. The molecule has 0 aliphatic carbocycles. The lowest BCUT2D eigenvalue weighted by Crippen LogP contribution is -2.12. The predicted molar refractivity (Wildman–Crippen MR) is 106 cm³/mol. The molecule has 3 aromatic rings.